The third-order valence-corrected chi connectivity index (χ3v) is 2.90. The average molecular weight is 264 g/mol. The summed E-state index contributed by atoms with van der Waals surface area (Å²) in [5.41, 5.74) is 9.18. The second-order valence-corrected chi connectivity index (χ2v) is 4.26. The molecule has 0 heterocycles. The first-order valence-electron chi connectivity index (χ1n) is 5.77. The molecule has 3 N–H and O–H groups in total. The molecule has 0 saturated heterocycles. The second-order valence-electron chi connectivity index (χ2n) is 4.26. The van der Waals surface area contributed by atoms with E-state index in [1.807, 2.05) is 42.5 Å². The standard InChI is InChI=1S/C15H17NO.ClH/c1-11(17)15(16)14-9-5-8-13(10-14)12-6-3-2-4-7-12;/h2-11,15,17H,16H2,1H3;1H/t11-,15-;/m0./s1. The van der Waals surface area contributed by atoms with Crippen LogP contribution in [0.4, 0.5) is 0 Å². The van der Waals surface area contributed by atoms with E-state index in [-0.39, 0.29) is 18.4 Å². The molecule has 0 radical (unpaired) electrons. The van der Waals surface area contributed by atoms with Crippen LogP contribution in [0.25, 0.3) is 11.1 Å². The maximum Gasteiger partial charge on any atom is 0.0704 e. The van der Waals surface area contributed by atoms with Gasteiger partial charge < -0.3 is 10.8 Å². The SMILES string of the molecule is C[C@H](O)[C@H](N)c1cccc(-c2ccccc2)c1.Cl. The molecule has 0 unspecified atom stereocenters. The molecular formula is C15H18ClNO. The van der Waals surface area contributed by atoms with Crippen molar-refractivity contribution >= 4 is 12.4 Å². The highest BCUT2D eigenvalue weighted by atomic mass is 35.5. The van der Waals surface area contributed by atoms with E-state index < -0.39 is 6.10 Å². The van der Waals surface area contributed by atoms with Crippen LogP contribution in [0.15, 0.2) is 54.6 Å². The van der Waals surface area contributed by atoms with Crippen LogP contribution in [0, 0.1) is 0 Å². The van der Waals surface area contributed by atoms with Crippen molar-refractivity contribution in [1.29, 1.82) is 0 Å². The molecule has 3 heteroatoms. The molecule has 2 aromatic carbocycles. The van der Waals surface area contributed by atoms with Gasteiger partial charge in [-0.3, -0.25) is 0 Å². The molecule has 2 rings (SSSR count). The molecule has 0 aliphatic heterocycles. The molecule has 0 aliphatic carbocycles. The molecule has 2 atom stereocenters. The Morgan fingerprint density at radius 1 is 0.944 bits per heavy atom. The maximum absolute atomic E-state index is 9.51. The van der Waals surface area contributed by atoms with Gasteiger partial charge in [0.15, 0.2) is 0 Å². The summed E-state index contributed by atoms with van der Waals surface area (Å²) in [7, 11) is 0. The summed E-state index contributed by atoms with van der Waals surface area (Å²) in [6.07, 6.45) is -0.541. The number of rotatable bonds is 3. The van der Waals surface area contributed by atoms with Crippen molar-refractivity contribution in [2.75, 3.05) is 0 Å². The highest BCUT2D eigenvalue weighted by Crippen LogP contribution is 2.23. The van der Waals surface area contributed by atoms with Crippen LogP contribution in [0.2, 0.25) is 0 Å². The molecular weight excluding hydrogens is 246 g/mol. The molecule has 0 saturated carbocycles. The molecule has 0 aliphatic rings. The zero-order valence-corrected chi connectivity index (χ0v) is 11.1. The molecule has 0 bridgehead atoms. The maximum atomic E-state index is 9.51. The van der Waals surface area contributed by atoms with Gasteiger partial charge in [-0.05, 0) is 29.7 Å². The van der Waals surface area contributed by atoms with E-state index in [1.54, 1.807) is 6.92 Å². The number of nitrogens with two attached hydrogens (primary N) is 1. The van der Waals surface area contributed by atoms with Gasteiger partial charge in [0.05, 0.1) is 12.1 Å². The molecule has 0 fully saturated rings. The number of benzene rings is 2. The Morgan fingerprint density at radius 3 is 2.17 bits per heavy atom. The van der Waals surface area contributed by atoms with Crippen molar-refractivity contribution in [3.8, 4) is 11.1 Å². The predicted molar refractivity (Wildman–Crippen MR) is 77.7 cm³/mol. The lowest BCUT2D eigenvalue weighted by atomic mass is 9.98. The fourth-order valence-corrected chi connectivity index (χ4v) is 1.83. The third kappa shape index (κ3) is 3.33. The Balaban J connectivity index is 0.00000162. The van der Waals surface area contributed by atoms with E-state index >= 15 is 0 Å². The van der Waals surface area contributed by atoms with Crippen LogP contribution in [-0.2, 0) is 0 Å². The molecule has 2 nitrogen and oxygen atoms in total. The quantitative estimate of drug-likeness (QED) is 0.894. The lowest BCUT2D eigenvalue weighted by Crippen LogP contribution is -2.23. The molecule has 96 valence electrons. The van der Waals surface area contributed by atoms with Crippen molar-refractivity contribution in [1.82, 2.24) is 0 Å². The van der Waals surface area contributed by atoms with Crippen molar-refractivity contribution in [2.45, 2.75) is 19.1 Å². The molecule has 0 spiro atoms. The Kier molecular flexibility index (Phi) is 5.35. The van der Waals surface area contributed by atoms with E-state index in [4.69, 9.17) is 5.73 Å². The van der Waals surface area contributed by atoms with Gasteiger partial charge >= 0.3 is 0 Å². The van der Waals surface area contributed by atoms with E-state index in [1.165, 1.54) is 0 Å². The molecule has 0 amide bonds. The molecule has 2 aromatic rings. The third-order valence-electron chi connectivity index (χ3n) is 2.90. The number of hydrogen-bond donors (Lipinski definition) is 2. The first kappa shape index (κ1) is 14.7. The van der Waals surface area contributed by atoms with Crippen molar-refractivity contribution in [3.05, 3.63) is 60.2 Å². The number of halogens is 1. The zero-order valence-electron chi connectivity index (χ0n) is 10.3. The fourth-order valence-electron chi connectivity index (χ4n) is 1.83. The van der Waals surface area contributed by atoms with Crippen molar-refractivity contribution in [2.24, 2.45) is 5.73 Å². The first-order valence-corrected chi connectivity index (χ1v) is 5.77. The number of aliphatic hydroxyl groups is 1. The van der Waals surface area contributed by atoms with Gasteiger partial charge in [0.1, 0.15) is 0 Å². The van der Waals surface area contributed by atoms with Gasteiger partial charge in [0.2, 0.25) is 0 Å². The van der Waals surface area contributed by atoms with E-state index in [2.05, 4.69) is 12.1 Å². The largest absolute Gasteiger partial charge is 0.391 e. The van der Waals surface area contributed by atoms with Crippen molar-refractivity contribution in [3.63, 3.8) is 0 Å². The summed E-state index contributed by atoms with van der Waals surface area (Å²) < 4.78 is 0. The van der Waals surface area contributed by atoms with Gasteiger partial charge in [0, 0.05) is 0 Å². The molecule has 18 heavy (non-hydrogen) atoms. The topological polar surface area (TPSA) is 46.2 Å². The summed E-state index contributed by atoms with van der Waals surface area (Å²) >= 11 is 0. The Labute approximate surface area is 114 Å². The van der Waals surface area contributed by atoms with Crippen LogP contribution in [-0.4, -0.2) is 11.2 Å². The van der Waals surface area contributed by atoms with Gasteiger partial charge in [-0.2, -0.15) is 0 Å². The zero-order chi connectivity index (χ0) is 12.3. The fraction of sp³-hybridized carbons (Fsp3) is 0.200. The Bertz CT molecular complexity index is 485. The first-order chi connectivity index (χ1) is 8.18. The van der Waals surface area contributed by atoms with Crippen molar-refractivity contribution < 1.29 is 5.11 Å². The van der Waals surface area contributed by atoms with Crippen LogP contribution >= 0.6 is 12.4 Å². The Hall–Kier alpha value is -1.35. The lowest BCUT2D eigenvalue weighted by molar-refractivity contribution is 0.164. The summed E-state index contributed by atoms with van der Waals surface area (Å²) in [5.74, 6) is 0. The van der Waals surface area contributed by atoms with Crippen LogP contribution in [0.5, 0.6) is 0 Å². The van der Waals surface area contributed by atoms with E-state index in [0.717, 1.165) is 16.7 Å². The van der Waals surface area contributed by atoms with Gasteiger partial charge in [-0.1, -0.05) is 48.5 Å². The highest BCUT2D eigenvalue weighted by Gasteiger charge is 2.12. The summed E-state index contributed by atoms with van der Waals surface area (Å²) in [4.78, 5) is 0. The predicted octanol–water partition coefficient (Wildman–Crippen LogP) is 3.16. The molecule has 0 aromatic heterocycles. The number of aliphatic hydroxyl groups excluding tert-OH is 1. The highest BCUT2D eigenvalue weighted by molar-refractivity contribution is 5.85. The second kappa shape index (κ2) is 6.55. The summed E-state index contributed by atoms with van der Waals surface area (Å²) in [6.45, 7) is 1.71. The van der Waals surface area contributed by atoms with Gasteiger partial charge in [-0.25, -0.2) is 0 Å². The van der Waals surface area contributed by atoms with Gasteiger partial charge in [-0.15, -0.1) is 12.4 Å². The van der Waals surface area contributed by atoms with E-state index in [9.17, 15) is 5.11 Å². The van der Waals surface area contributed by atoms with Gasteiger partial charge in [0.25, 0.3) is 0 Å². The average Bonchev–Trinajstić information content (AvgIpc) is 2.39. The van der Waals surface area contributed by atoms with Crippen LogP contribution in [0.3, 0.4) is 0 Å². The minimum absolute atomic E-state index is 0. The smallest absolute Gasteiger partial charge is 0.0704 e. The monoisotopic (exact) mass is 263 g/mol. The van der Waals surface area contributed by atoms with Crippen LogP contribution in [0.1, 0.15) is 18.5 Å². The normalized spacial score (nSPS) is 13.5. The summed E-state index contributed by atoms with van der Waals surface area (Å²) in [6, 6.07) is 17.8. The minimum atomic E-state index is -0.541. The Morgan fingerprint density at radius 2 is 1.56 bits per heavy atom. The van der Waals surface area contributed by atoms with E-state index in [0.29, 0.717) is 0 Å². The number of hydrogen-bond acceptors (Lipinski definition) is 2. The lowest BCUT2D eigenvalue weighted by Gasteiger charge is -2.16. The van der Waals surface area contributed by atoms with Crippen LogP contribution < -0.4 is 5.73 Å². The minimum Gasteiger partial charge on any atom is -0.391 e. The summed E-state index contributed by atoms with van der Waals surface area (Å²) in [5, 5.41) is 9.51.